The molecule has 15 heavy (non-hydrogen) atoms. The number of benzene rings is 1. The molecule has 2 rings (SSSR count). The van der Waals surface area contributed by atoms with Crippen LogP contribution in [-0.4, -0.2) is 11.1 Å². The predicted octanol–water partition coefficient (Wildman–Crippen LogP) is 3.06. The molecule has 0 saturated heterocycles. The number of rotatable bonds is 3. The molecular formula is C12H15BrN2. The summed E-state index contributed by atoms with van der Waals surface area (Å²) in [5, 5.41) is 1.28. The summed E-state index contributed by atoms with van der Waals surface area (Å²) < 4.78 is 3.49. The SMILES string of the molecule is Cc1cc2c(Br)cccc2n1CCCN. The van der Waals surface area contributed by atoms with Gasteiger partial charge in [-0.2, -0.15) is 0 Å². The van der Waals surface area contributed by atoms with Crippen LogP contribution in [0.2, 0.25) is 0 Å². The number of hydrogen-bond donors (Lipinski definition) is 1. The van der Waals surface area contributed by atoms with Crippen LogP contribution in [0, 0.1) is 6.92 Å². The van der Waals surface area contributed by atoms with Crippen molar-refractivity contribution in [3.8, 4) is 0 Å². The van der Waals surface area contributed by atoms with Crippen LogP contribution in [-0.2, 0) is 6.54 Å². The zero-order valence-electron chi connectivity index (χ0n) is 8.83. The molecule has 0 spiro atoms. The van der Waals surface area contributed by atoms with Crippen LogP contribution < -0.4 is 5.73 Å². The van der Waals surface area contributed by atoms with E-state index in [1.165, 1.54) is 16.6 Å². The summed E-state index contributed by atoms with van der Waals surface area (Å²) in [6.45, 7) is 3.89. The molecule has 1 aromatic carbocycles. The molecule has 2 N–H and O–H groups in total. The highest BCUT2D eigenvalue weighted by Crippen LogP contribution is 2.27. The van der Waals surface area contributed by atoms with Gasteiger partial charge in [-0.3, -0.25) is 0 Å². The molecule has 0 aliphatic rings. The van der Waals surface area contributed by atoms with E-state index in [0.717, 1.165) is 24.0 Å². The Morgan fingerprint density at radius 3 is 2.93 bits per heavy atom. The molecule has 0 unspecified atom stereocenters. The Hall–Kier alpha value is -0.800. The fraction of sp³-hybridized carbons (Fsp3) is 0.333. The van der Waals surface area contributed by atoms with E-state index in [0.29, 0.717) is 0 Å². The van der Waals surface area contributed by atoms with Gasteiger partial charge in [-0.05, 0) is 38.1 Å². The minimum atomic E-state index is 0.743. The lowest BCUT2D eigenvalue weighted by molar-refractivity contribution is 0.657. The number of aryl methyl sites for hydroxylation is 2. The average Bonchev–Trinajstić information content (AvgIpc) is 2.54. The summed E-state index contributed by atoms with van der Waals surface area (Å²) in [5.74, 6) is 0. The Morgan fingerprint density at radius 2 is 2.20 bits per heavy atom. The lowest BCUT2D eigenvalue weighted by atomic mass is 10.2. The molecule has 2 aromatic rings. The number of fused-ring (bicyclic) bond motifs is 1. The Kier molecular flexibility index (Phi) is 3.12. The number of aromatic nitrogens is 1. The zero-order chi connectivity index (χ0) is 10.8. The normalized spacial score (nSPS) is 11.1. The fourth-order valence-electron chi connectivity index (χ4n) is 1.93. The highest BCUT2D eigenvalue weighted by molar-refractivity contribution is 9.10. The average molecular weight is 267 g/mol. The van der Waals surface area contributed by atoms with Gasteiger partial charge in [0.05, 0.1) is 0 Å². The second-order valence-electron chi connectivity index (χ2n) is 3.75. The quantitative estimate of drug-likeness (QED) is 0.910. The molecule has 0 saturated carbocycles. The Morgan fingerprint density at radius 1 is 1.40 bits per heavy atom. The zero-order valence-corrected chi connectivity index (χ0v) is 10.4. The van der Waals surface area contributed by atoms with Gasteiger partial charge in [0.1, 0.15) is 0 Å². The van der Waals surface area contributed by atoms with Gasteiger partial charge in [0.25, 0.3) is 0 Å². The number of hydrogen-bond acceptors (Lipinski definition) is 1. The molecule has 0 aliphatic heterocycles. The van der Waals surface area contributed by atoms with Crippen molar-refractivity contribution >= 4 is 26.8 Å². The third kappa shape index (κ3) is 1.94. The van der Waals surface area contributed by atoms with Crippen molar-refractivity contribution in [3.05, 3.63) is 34.4 Å². The molecular weight excluding hydrogens is 252 g/mol. The first-order valence-electron chi connectivity index (χ1n) is 5.18. The lowest BCUT2D eigenvalue weighted by Gasteiger charge is -2.06. The van der Waals surface area contributed by atoms with Crippen molar-refractivity contribution in [1.82, 2.24) is 4.57 Å². The van der Waals surface area contributed by atoms with Crippen LogP contribution in [0.5, 0.6) is 0 Å². The summed E-state index contributed by atoms with van der Waals surface area (Å²) in [6, 6.07) is 8.53. The maximum absolute atomic E-state index is 5.55. The molecule has 1 aromatic heterocycles. The van der Waals surface area contributed by atoms with Crippen LogP contribution in [0.3, 0.4) is 0 Å². The van der Waals surface area contributed by atoms with Gasteiger partial charge >= 0.3 is 0 Å². The van der Waals surface area contributed by atoms with Crippen molar-refractivity contribution in [3.63, 3.8) is 0 Å². The van der Waals surface area contributed by atoms with Gasteiger partial charge in [-0.15, -0.1) is 0 Å². The molecule has 3 heteroatoms. The molecule has 80 valence electrons. The largest absolute Gasteiger partial charge is 0.345 e. The van der Waals surface area contributed by atoms with Crippen molar-refractivity contribution in [2.24, 2.45) is 5.73 Å². The number of nitrogens with two attached hydrogens (primary N) is 1. The minimum Gasteiger partial charge on any atom is -0.345 e. The molecule has 0 bridgehead atoms. The van der Waals surface area contributed by atoms with Crippen LogP contribution >= 0.6 is 15.9 Å². The Bertz CT molecular complexity index is 474. The summed E-state index contributed by atoms with van der Waals surface area (Å²) in [6.07, 6.45) is 1.02. The second-order valence-corrected chi connectivity index (χ2v) is 4.61. The van der Waals surface area contributed by atoms with Crippen molar-refractivity contribution in [1.29, 1.82) is 0 Å². The van der Waals surface area contributed by atoms with E-state index in [-0.39, 0.29) is 0 Å². The smallest absolute Gasteiger partial charge is 0.0493 e. The van der Waals surface area contributed by atoms with E-state index in [1.54, 1.807) is 0 Å². The van der Waals surface area contributed by atoms with E-state index in [2.05, 4.69) is 51.7 Å². The van der Waals surface area contributed by atoms with E-state index in [9.17, 15) is 0 Å². The van der Waals surface area contributed by atoms with Crippen molar-refractivity contribution < 1.29 is 0 Å². The molecule has 0 aliphatic carbocycles. The highest BCUT2D eigenvalue weighted by atomic mass is 79.9. The predicted molar refractivity (Wildman–Crippen MR) is 68.0 cm³/mol. The first-order chi connectivity index (χ1) is 7.24. The first-order valence-corrected chi connectivity index (χ1v) is 5.98. The molecule has 0 amide bonds. The standard InChI is InChI=1S/C12H15BrN2/c1-9-8-10-11(13)4-2-5-12(10)15(9)7-3-6-14/h2,4-5,8H,3,6-7,14H2,1H3. The Labute approximate surface area is 98.2 Å². The number of halogens is 1. The monoisotopic (exact) mass is 266 g/mol. The maximum atomic E-state index is 5.55. The summed E-state index contributed by atoms with van der Waals surface area (Å²) in [5.41, 5.74) is 8.13. The third-order valence-corrected chi connectivity index (χ3v) is 3.38. The minimum absolute atomic E-state index is 0.743. The number of nitrogens with zero attached hydrogens (tertiary/aromatic N) is 1. The molecule has 2 nitrogen and oxygen atoms in total. The van der Waals surface area contributed by atoms with Crippen LogP contribution in [0.15, 0.2) is 28.7 Å². The fourth-order valence-corrected chi connectivity index (χ4v) is 2.40. The van der Waals surface area contributed by atoms with E-state index >= 15 is 0 Å². The Balaban J connectivity index is 2.53. The third-order valence-electron chi connectivity index (χ3n) is 2.69. The van der Waals surface area contributed by atoms with Crippen molar-refractivity contribution in [2.75, 3.05) is 6.54 Å². The summed E-state index contributed by atoms with van der Waals surface area (Å²) in [4.78, 5) is 0. The lowest BCUT2D eigenvalue weighted by Crippen LogP contribution is -2.06. The van der Waals surface area contributed by atoms with E-state index in [1.807, 2.05) is 0 Å². The molecule has 0 radical (unpaired) electrons. The summed E-state index contributed by atoms with van der Waals surface area (Å²) in [7, 11) is 0. The maximum Gasteiger partial charge on any atom is 0.0493 e. The van der Waals surface area contributed by atoms with Gasteiger partial charge in [0.2, 0.25) is 0 Å². The van der Waals surface area contributed by atoms with E-state index in [4.69, 9.17) is 5.73 Å². The topological polar surface area (TPSA) is 30.9 Å². The highest BCUT2D eigenvalue weighted by Gasteiger charge is 2.06. The van der Waals surface area contributed by atoms with Crippen molar-refractivity contribution in [2.45, 2.75) is 19.9 Å². The van der Waals surface area contributed by atoms with Gasteiger partial charge in [-0.1, -0.05) is 22.0 Å². The van der Waals surface area contributed by atoms with Gasteiger partial charge in [0.15, 0.2) is 0 Å². The van der Waals surface area contributed by atoms with Gasteiger partial charge in [-0.25, -0.2) is 0 Å². The van der Waals surface area contributed by atoms with Crippen LogP contribution in [0.1, 0.15) is 12.1 Å². The van der Waals surface area contributed by atoms with Gasteiger partial charge < -0.3 is 10.3 Å². The van der Waals surface area contributed by atoms with Crippen LogP contribution in [0.25, 0.3) is 10.9 Å². The molecule has 0 fully saturated rings. The van der Waals surface area contributed by atoms with E-state index < -0.39 is 0 Å². The van der Waals surface area contributed by atoms with Gasteiger partial charge in [0, 0.05) is 27.6 Å². The molecule has 1 heterocycles. The summed E-state index contributed by atoms with van der Waals surface area (Å²) >= 11 is 3.57. The second kappa shape index (κ2) is 4.37. The van der Waals surface area contributed by atoms with Crippen LogP contribution in [0.4, 0.5) is 0 Å². The molecule has 0 atom stereocenters. The first kappa shape index (κ1) is 10.7.